The zero-order chi connectivity index (χ0) is 28.2. The zero-order valence-corrected chi connectivity index (χ0v) is 24.9. The summed E-state index contributed by atoms with van der Waals surface area (Å²) in [7, 11) is 1.54. The molecular weight excluding hydrogens is 516 g/mol. The normalized spacial score (nSPS) is 23.4. The van der Waals surface area contributed by atoms with Crippen LogP contribution in [0, 0.1) is 5.41 Å². The number of para-hydroxylation sites is 1. The summed E-state index contributed by atoms with van der Waals surface area (Å²) < 4.78 is 8.00. The van der Waals surface area contributed by atoms with Crippen molar-refractivity contribution in [2.24, 2.45) is 5.41 Å². The highest BCUT2D eigenvalue weighted by Gasteiger charge is 2.58. The number of hydrogen-bond acceptors (Lipinski definition) is 3. The molecular formula is C35H39ClN2O2. The number of anilines is 1. The van der Waals surface area contributed by atoms with Gasteiger partial charge < -0.3 is 14.6 Å². The van der Waals surface area contributed by atoms with Crippen LogP contribution in [0.1, 0.15) is 75.5 Å². The van der Waals surface area contributed by atoms with Crippen LogP contribution in [-0.4, -0.2) is 24.2 Å². The molecule has 0 amide bonds. The first kappa shape index (κ1) is 27.0. The highest BCUT2D eigenvalue weighted by molar-refractivity contribution is 6.30. The van der Waals surface area contributed by atoms with Crippen molar-refractivity contribution in [2.75, 3.05) is 19.0 Å². The fourth-order valence-corrected chi connectivity index (χ4v) is 7.96. The van der Waals surface area contributed by atoms with Crippen LogP contribution in [0.3, 0.4) is 0 Å². The summed E-state index contributed by atoms with van der Waals surface area (Å²) >= 11 is 6.11. The van der Waals surface area contributed by atoms with Gasteiger partial charge in [-0.15, -0.1) is 0 Å². The molecule has 0 spiro atoms. The number of methoxy groups -OCH3 is 1. The van der Waals surface area contributed by atoms with E-state index in [-0.39, 0.29) is 17.3 Å². The molecule has 0 aliphatic heterocycles. The first-order chi connectivity index (χ1) is 19.2. The number of rotatable bonds is 6. The fraction of sp³-hybridized carbons (Fsp3) is 0.400. The molecule has 0 radical (unpaired) electrons. The third kappa shape index (κ3) is 4.06. The van der Waals surface area contributed by atoms with Gasteiger partial charge in [0.2, 0.25) is 0 Å². The molecule has 0 unspecified atom stereocenters. The number of esters is 1. The first-order valence-corrected chi connectivity index (χ1v) is 14.9. The molecule has 1 N–H and O–H groups in total. The molecule has 3 atom stereocenters. The van der Waals surface area contributed by atoms with Crippen molar-refractivity contribution < 1.29 is 9.53 Å². The van der Waals surface area contributed by atoms with Gasteiger partial charge in [-0.1, -0.05) is 69.1 Å². The lowest BCUT2D eigenvalue weighted by molar-refractivity contribution is -0.157. The van der Waals surface area contributed by atoms with Crippen LogP contribution >= 0.6 is 11.6 Å². The monoisotopic (exact) mass is 554 g/mol. The van der Waals surface area contributed by atoms with Crippen LogP contribution in [0.15, 0.2) is 66.7 Å². The highest BCUT2D eigenvalue weighted by Crippen LogP contribution is 2.65. The van der Waals surface area contributed by atoms with Gasteiger partial charge >= 0.3 is 5.97 Å². The van der Waals surface area contributed by atoms with Crippen LogP contribution in [-0.2, 0) is 21.5 Å². The highest BCUT2D eigenvalue weighted by atomic mass is 35.5. The second-order valence-electron chi connectivity index (χ2n) is 12.4. The SMILES string of the molecule is COC(=O)[C@]1(C)CCC[C@]2(C)c3ccc(C(C)C)cc3-c3c(c4ccccc4n3CCNc3ccc(Cl)cc3)[C@@H]12. The van der Waals surface area contributed by atoms with Crippen LogP contribution in [0.25, 0.3) is 22.2 Å². The molecule has 0 bridgehead atoms. The first-order valence-electron chi connectivity index (χ1n) is 14.5. The van der Waals surface area contributed by atoms with Gasteiger partial charge in [0, 0.05) is 51.6 Å². The molecule has 2 aliphatic rings. The van der Waals surface area contributed by atoms with Gasteiger partial charge in [-0.2, -0.15) is 0 Å². The predicted octanol–water partition coefficient (Wildman–Crippen LogP) is 8.92. The number of aromatic nitrogens is 1. The quantitative estimate of drug-likeness (QED) is 0.242. The Labute approximate surface area is 242 Å². The molecule has 4 nitrogen and oxygen atoms in total. The van der Waals surface area contributed by atoms with E-state index in [1.54, 1.807) is 0 Å². The number of nitrogens with zero attached hydrogens (tertiary/aromatic N) is 1. The van der Waals surface area contributed by atoms with Gasteiger partial charge in [-0.05, 0) is 78.8 Å². The van der Waals surface area contributed by atoms with Crippen molar-refractivity contribution in [1.82, 2.24) is 4.57 Å². The molecule has 2 aliphatic carbocycles. The number of fused-ring (bicyclic) bond motifs is 8. The Morgan fingerprint density at radius 3 is 2.55 bits per heavy atom. The third-order valence-electron chi connectivity index (χ3n) is 9.71. The molecule has 208 valence electrons. The van der Waals surface area contributed by atoms with E-state index in [9.17, 15) is 4.79 Å². The zero-order valence-electron chi connectivity index (χ0n) is 24.2. The molecule has 1 saturated carbocycles. The summed E-state index contributed by atoms with van der Waals surface area (Å²) in [6.07, 6.45) is 2.88. The van der Waals surface area contributed by atoms with Crippen molar-refractivity contribution in [2.45, 2.75) is 70.8 Å². The summed E-state index contributed by atoms with van der Waals surface area (Å²) in [5.41, 5.74) is 8.08. The summed E-state index contributed by atoms with van der Waals surface area (Å²) in [6, 6.07) is 23.7. The van der Waals surface area contributed by atoms with E-state index in [0.717, 1.165) is 43.1 Å². The Morgan fingerprint density at radius 1 is 1.07 bits per heavy atom. The van der Waals surface area contributed by atoms with Crippen molar-refractivity contribution in [1.29, 1.82) is 0 Å². The minimum absolute atomic E-state index is 0.0176. The Bertz CT molecular complexity index is 1590. The van der Waals surface area contributed by atoms with Gasteiger partial charge in [-0.25, -0.2) is 0 Å². The third-order valence-corrected chi connectivity index (χ3v) is 9.96. The number of benzene rings is 3. The van der Waals surface area contributed by atoms with Crippen LogP contribution < -0.4 is 5.32 Å². The van der Waals surface area contributed by atoms with E-state index >= 15 is 0 Å². The minimum atomic E-state index is -0.610. The lowest BCUT2D eigenvalue weighted by Crippen LogP contribution is -2.50. The maximum atomic E-state index is 13.6. The lowest BCUT2D eigenvalue weighted by atomic mass is 9.49. The average molecular weight is 555 g/mol. The Kier molecular flexibility index (Phi) is 6.73. The number of halogens is 1. The Morgan fingerprint density at radius 2 is 1.82 bits per heavy atom. The van der Waals surface area contributed by atoms with E-state index < -0.39 is 5.41 Å². The summed E-state index contributed by atoms with van der Waals surface area (Å²) in [4.78, 5) is 13.6. The molecule has 4 aromatic rings. The van der Waals surface area contributed by atoms with Gasteiger partial charge in [0.15, 0.2) is 0 Å². The van der Waals surface area contributed by atoms with Crippen LogP contribution in [0.2, 0.25) is 5.02 Å². The smallest absolute Gasteiger partial charge is 0.312 e. The Hall–Kier alpha value is -3.24. The van der Waals surface area contributed by atoms with E-state index in [4.69, 9.17) is 16.3 Å². The minimum Gasteiger partial charge on any atom is -0.469 e. The molecule has 1 heterocycles. The molecule has 1 aromatic heterocycles. The molecule has 5 heteroatoms. The van der Waals surface area contributed by atoms with Crippen molar-refractivity contribution in [3.63, 3.8) is 0 Å². The Balaban J connectivity index is 1.59. The number of carbonyl (C=O) groups excluding carboxylic acids is 1. The van der Waals surface area contributed by atoms with Crippen LogP contribution in [0.5, 0.6) is 0 Å². The van der Waals surface area contributed by atoms with Crippen LogP contribution in [0.4, 0.5) is 5.69 Å². The molecule has 3 aromatic carbocycles. The molecule has 40 heavy (non-hydrogen) atoms. The largest absolute Gasteiger partial charge is 0.469 e. The lowest BCUT2D eigenvalue weighted by Gasteiger charge is -2.54. The van der Waals surface area contributed by atoms with E-state index in [1.165, 1.54) is 46.0 Å². The second-order valence-corrected chi connectivity index (χ2v) is 12.9. The average Bonchev–Trinajstić information content (AvgIpc) is 3.27. The van der Waals surface area contributed by atoms with Gasteiger partial charge in [0.05, 0.1) is 18.2 Å². The van der Waals surface area contributed by atoms with Crippen molar-refractivity contribution >= 4 is 34.2 Å². The van der Waals surface area contributed by atoms with Gasteiger partial charge in [0.1, 0.15) is 0 Å². The number of hydrogen-bond donors (Lipinski definition) is 1. The molecule has 1 fully saturated rings. The maximum Gasteiger partial charge on any atom is 0.312 e. The van der Waals surface area contributed by atoms with E-state index in [2.05, 4.69) is 80.0 Å². The molecule has 6 rings (SSSR count). The fourth-order valence-electron chi connectivity index (χ4n) is 7.83. The number of ether oxygens (including phenoxy) is 1. The van der Waals surface area contributed by atoms with Crippen molar-refractivity contribution in [3.05, 3.63) is 88.4 Å². The van der Waals surface area contributed by atoms with E-state index in [1.807, 2.05) is 24.3 Å². The van der Waals surface area contributed by atoms with Gasteiger partial charge in [0.25, 0.3) is 0 Å². The second kappa shape index (κ2) is 9.99. The van der Waals surface area contributed by atoms with E-state index in [0.29, 0.717) is 5.92 Å². The standard InChI is InChI=1S/C35H39ClN2O2/c1-22(2)23-11-16-28-27(21-23)31-30(32-34(28,3)17-8-18-35(32,4)33(39)40-5)26-9-6-7-10-29(26)38(31)20-19-37-25-14-12-24(36)13-15-25/h6-7,9-16,21-22,32,37H,8,17-20H2,1-5H3/t32-,34-,35-/m1/s1. The molecule has 0 saturated heterocycles. The topological polar surface area (TPSA) is 43.3 Å². The predicted molar refractivity (Wildman–Crippen MR) is 165 cm³/mol. The summed E-state index contributed by atoms with van der Waals surface area (Å²) in [6.45, 7) is 10.6. The number of carbonyl (C=O) groups is 1. The summed E-state index contributed by atoms with van der Waals surface area (Å²) in [5, 5.41) is 5.57. The summed E-state index contributed by atoms with van der Waals surface area (Å²) in [5.74, 6) is 0.345. The maximum absolute atomic E-state index is 13.6. The number of nitrogens with one attached hydrogen (secondary N) is 1. The van der Waals surface area contributed by atoms with Gasteiger partial charge in [-0.3, -0.25) is 4.79 Å². The van der Waals surface area contributed by atoms with Crippen molar-refractivity contribution in [3.8, 4) is 11.3 Å².